The van der Waals surface area contributed by atoms with Gasteiger partial charge >= 0.3 is 18.2 Å². The summed E-state index contributed by atoms with van der Waals surface area (Å²) in [4.78, 5) is 75.1. The van der Waals surface area contributed by atoms with E-state index in [1.807, 2.05) is 42.5 Å². The van der Waals surface area contributed by atoms with Gasteiger partial charge in [0.1, 0.15) is 29.8 Å². The van der Waals surface area contributed by atoms with E-state index in [0.717, 1.165) is 16.7 Å². The van der Waals surface area contributed by atoms with Crippen molar-refractivity contribution in [2.24, 2.45) is 0 Å². The number of nitrogens with one attached hydrogen (secondary N) is 4. The van der Waals surface area contributed by atoms with Crippen molar-refractivity contribution in [1.82, 2.24) is 16.0 Å². The second kappa shape index (κ2) is 16.0. The fourth-order valence-electron chi connectivity index (χ4n) is 5.02. The van der Waals surface area contributed by atoms with E-state index in [-0.39, 0.29) is 30.9 Å². The second-order valence-electron chi connectivity index (χ2n) is 12.8. The number of ether oxygens (including phenoxy) is 2. The van der Waals surface area contributed by atoms with Gasteiger partial charge < -0.3 is 30.7 Å². The van der Waals surface area contributed by atoms with Crippen LogP contribution in [0.5, 0.6) is 5.75 Å². The molecule has 0 radical (unpaired) electrons. The molecule has 0 heterocycles. The fourth-order valence-corrected chi connectivity index (χ4v) is 5.02. The minimum Gasteiger partial charge on any atom is -0.445 e. The molecular weight excluding hydrogens is 632 g/mol. The van der Waals surface area contributed by atoms with Crippen molar-refractivity contribution in [3.63, 3.8) is 0 Å². The Kier molecular flexibility index (Phi) is 11.8. The van der Waals surface area contributed by atoms with Crippen molar-refractivity contribution in [1.29, 1.82) is 0 Å². The van der Waals surface area contributed by atoms with Crippen LogP contribution in [0.3, 0.4) is 0 Å². The van der Waals surface area contributed by atoms with Crippen molar-refractivity contribution in [2.75, 3.05) is 5.32 Å². The topological polar surface area (TPSA) is 170 Å². The van der Waals surface area contributed by atoms with Gasteiger partial charge in [0.2, 0.25) is 17.6 Å². The molecule has 13 nitrogen and oxygen atoms in total. The Balaban J connectivity index is 1.35. The molecule has 0 aromatic heterocycles. The smallest absolute Gasteiger partial charge is 0.408 e. The lowest BCUT2D eigenvalue weighted by Gasteiger charge is -2.36. The Bertz CT molecular complexity index is 1660. The molecule has 2 unspecified atom stereocenters. The van der Waals surface area contributed by atoms with Gasteiger partial charge in [-0.1, -0.05) is 66.7 Å². The second-order valence-corrected chi connectivity index (χ2v) is 12.8. The molecule has 3 aromatic carbocycles. The number of amides is 4. The van der Waals surface area contributed by atoms with Gasteiger partial charge in [0.05, 0.1) is 5.69 Å². The number of hydrogen-bond acceptors (Lipinski definition) is 9. The predicted octanol–water partition coefficient (Wildman–Crippen LogP) is 4.73. The van der Waals surface area contributed by atoms with Crippen LogP contribution in [-0.4, -0.2) is 53.2 Å². The molecule has 49 heavy (non-hydrogen) atoms. The van der Waals surface area contributed by atoms with Gasteiger partial charge in [-0.05, 0) is 76.3 Å². The minimum absolute atomic E-state index is 0.00236. The number of alkyl carbamates (subject to hydrolysis) is 2. The summed E-state index contributed by atoms with van der Waals surface area (Å²) in [5.74, 6) is -2.07. The van der Waals surface area contributed by atoms with E-state index >= 15 is 0 Å². The van der Waals surface area contributed by atoms with Crippen LogP contribution in [0.1, 0.15) is 57.7 Å². The zero-order valence-electron chi connectivity index (χ0n) is 28.2. The van der Waals surface area contributed by atoms with Crippen molar-refractivity contribution in [2.45, 2.75) is 83.7 Å². The van der Waals surface area contributed by atoms with Crippen LogP contribution in [-0.2, 0) is 48.2 Å². The monoisotopic (exact) mass is 674 g/mol. The summed E-state index contributed by atoms with van der Waals surface area (Å²) in [6.45, 7) is 8.11. The fraction of sp³-hybridized carbons (Fsp3) is 0.361. The summed E-state index contributed by atoms with van der Waals surface area (Å²) < 4.78 is 10.6. The zero-order valence-corrected chi connectivity index (χ0v) is 28.2. The highest BCUT2D eigenvalue weighted by atomic mass is 17.2. The molecular formula is C36H42N4O9. The lowest BCUT2D eigenvalue weighted by atomic mass is 9.78. The molecule has 13 heteroatoms. The SMILES string of the molecule is CC(NC(=O)OCc1ccccc1)C(=O)NC(C)C(=O)Nc1ccccc1OOC(=O)[C@]1(NC(=O)OC(C)(C)C)CCc2ccccc2C1. The Morgan fingerprint density at radius 1 is 0.776 bits per heavy atom. The van der Waals surface area contributed by atoms with Gasteiger partial charge in [-0.3, -0.25) is 14.5 Å². The van der Waals surface area contributed by atoms with Gasteiger partial charge in [0.15, 0.2) is 0 Å². The third-order valence-corrected chi connectivity index (χ3v) is 7.61. The molecule has 4 rings (SSSR count). The highest BCUT2D eigenvalue weighted by Gasteiger charge is 2.46. The standard InChI is InChI=1S/C36H42N4O9/c1-23(37-30(41)24(2)38-33(44)46-22-25-13-7-6-8-14-25)31(42)39-28-17-11-12-18-29(28)48-49-32(43)36(40-34(45)47-35(3,4)5)20-19-26-15-9-10-16-27(26)21-36/h6-18,23-24H,19-22H2,1-5H3,(H,37,41)(H,38,44)(H,39,42)(H,40,45)/t23?,24?,36-/m0/s1. The van der Waals surface area contributed by atoms with E-state index in [0.29, 0.717) is 6.42 Å². The Morgan fingerprint density at radius 3 is 2.12 bits per heavy atom. The van der Waals surface area contributed by atoms with Gasteiger partial charge in [-0.15, -0.1) is 0 Å². The Hall–Kier alpha value is -5.59. The van der Waals surface area contributed by atoms with Crippen LogP contribution in [0.2, 0.25) is 0 Å². The number of anilines is 1. The van der Waals surface area contributed by atoms with Crippen LogP contribution in [0.15, 0.2) is 78.9 Å². The summed E-state index contributed by atoms with van der Waals surface area (Å²) in [5.41, 5.74) is 0.594. The number of carbonyl (C=O) groups excluding carboxylic acids is 5. The minimum atomic E-state index is -1.48. The van der Waals surface area contributed by atoms with Crippen molar-refractivity contribution < 1.29 is 43.2 Å². The number of aryl methyl sites for hydroxylation is 1. The first-order valence-electron chi connectivity index (χ1n) is 15.9. The number of carbonyl (C=O) groups is 5. The molecule has 4 amide bonds. The molecule has 3 atom stereocenters. The normalized spacial score (nSPS) is 16.4. The molecule has 1 aliphatic rings. The van der Waals surface area contributed by atoms with E-state index in [1.54, 1.807) is 45.0 Å². The maximum absolute atomic E-state index is 13.6. The quantitative estimate of drug-likeness (QED) is 0.166. The number of para-hydroxylation sites is 2. The van der Waals surface area contributed by atoms with Crippen LogP contribution in [0.25, 0.3) is 0 Å². The largest absolute Gasteiger partial charge is 0.445 e. The third kappa shape index (κ3) is 10.4. The zero-order chi connectivity index (χ0) is 35.6. The number of rotatable bonds is 11. The van der Waals surface area contributed by atoms with Crippen LogP contribution in [0, 0.1) is 0 Å². The molecule has 3 aromatic rings. The first kappa shape index (κ1) is 36.2. The lowest BCUT2D eigenvalue weighted by molar-refractivity contribution is -0.221. The summed E-state index contributed by atoms with van der Waals surface area (Å²) in [6.07, 6.45) is -0.677. The average Bonchev–Trinajstić information content (AvgIpc) is 3.06. The van der Waals surface area contributed by atoms with E-state index < -0.39 is 53.2 Å². The summed E-state index contributed by atoms with van der Waals surface area (Å²) in [5, 5.41) is 10.3. The molecule has 4 N–H and O–H groups in total. The lowest BCUT2D eigenvalue weighted by Crippen LogP contribution is -2.59. The average molecular weight is 675 g/mol. The Morgan fingerprint density at radius 2 is 1.41 bits per heavy atom. The van der Waals surface area contributed by atoms with Gasteiger partial charge in [-0.25, -0.2) is 19.3 Å². The highest BCUT2D eigenvalue weighted by molar-refractivity contribution is 5.98. The van der Waals surface area contributed by atoms with E-state index in [1.165, 1.54) is 26.0 Å². The number of fused-ring (bicyclic) bond motifs is 1. The summed E-state index contributed by atoms with van der Waals surface area (Å²) >= 11 is 0. The van der Waals surface area contributed by atoms with E-state index in [4.69, 9.17) is 19.2 Å². The molecule has 1 aliphatic carbocycles. The molecule has 0 fully saturated rings. The first-order chi connectivity index (χ1) is 23.2. The van der Waals surface area contributed by atoms with Gasteiger partial charge in [0, 0.05) is 6.42 Å². The maximum Gasteiger partial charge on any atom is 0.408 e. The van der Waals surface area contributed by atoms with E-state index in [9.17, 15) is 24.0 Å². The Labute approximate surface area is 284 Å². The molecule has 0 saturated carbocycles. The predicted molar refractivity (Wildman–Crippen MR) is 179 cm³/mol. The van der Waals surface area contributed by atoms with Crippen LogP contribution < -0.4 is 26.2 Å². The van der Waals surface area contributed by atoms with Crippen LogP contribution >= 0.6 is 0 Å². The van der Waals surface area contributed by atoms with Crippen LogP contribution in [0.4, 0.5) is 15.3 Å². The molecule has 0 aliphatic heterocycles. The number of benzene rings is 3. The highest BCUT2D eigenvalue weighted by Crippen LogP contribution is 2.32. The summed E-state index contributed by atoms with van der Waals surface area (Å²) in [7, 11) is 0. The number of hydrogen-bond donors (Lipinski definition) is 4. The first-order valence-corrected chi connectivity index (χ1v) is 15.9. The molecule has 0 bridgehead atoms. The molecule has 0 saturated heterocycles. The maximum atomic E-state index is 13.6. The van der Waals surface area contributed by atoms with Crippen molar-refractivity contribution in [3.05, 3.63) is 95.6 Å². The van der Waals surface area contributed by atoms with Crippen molar-refractivity contribution in [3.8, 4) is 5.75 Å². The van der Waals surface area contributed by atoms with Gasteiger partial charge in [0.25, 0.3) is 0 Å². The van der Waals surface area contributed by atoms with Crippen molar-refractivity contribution >= 4 is 35.7 Å². The molecule has 260 valence electrons. The third-order valence-electron chi connectivity index (χ3n) is 7.61. The van der Waals surface area contributed by atoms with Gasteiger partial charge in [-0.2, -0.15) is 0 Å². The summed E-state index contributed by atoms with van der Waals surface area (Å²) in [6, 6.07) is 20.9. The molecule has 0 spiro atoms. The van der Waals surface area contributed by atoms with E-state index in [2.05, 4.69) is 21.3 Å².